The molecular formula is C18H15F2N3O2. The maximum absolute atomic E-state index is 14.4. The van der Waals surface area contributed by atoms with Gasteiger partial charge >= 0.3 is 0 Å². The lowest BCUT2D eigenvalue weighted by Gasteiger charge is -2.44. The summed E-state index contributed by atoms with van der Waals surface area (Å²) in [5.74, 6) is -0.637. The Morgan fingerprint density at radius 1 is 1.28 bits per heavy atom. The summed E-state index contributed by atoms with van der Waals surface area (Å²) in [7, 11) is 0. The number of likely N-dealkylation sites (tertiary alicyclic amines) is 1. The van der Waals surface area contributed by atoms with Crippen molar-refractivity contribution in [1.29, 1.82) is 5.26 Å². The van der Waals surface area contributed by atoms with Crippen LogP contribution < -0.4 is 4.74 Å². The Labute approximate surface area is 143 Å². The molecule has 1 aromatic heterocycles. The number of nitrogens with zero attached hydrogens (tertiary/aromatic N) is 3. The number of rotatable bonds is 1. The number of ether oxygens (including phenoxy) is 1. The second kappa shape index (κ2) is 5.59. The Bertz CT molecular complexity index is 892. The van der Waals surface area contributed by atoms with Gasteiger partial charge in [0.05, 0.1) is 5.69 Å². The quantitative estimate of drug-likeness (QED) is 0.800. The monoisotopic (exact) mass is 343 g/mol. The van der Waals surface area contributed by atoms with E-state index < -0.39 is 24.0 Å². The van der Waals surface area contributed by atoms with Crippen LogP contribution >= 0.6 is 0 Å². The second-order valence-electron chi connectivity index (χ2n) is 6.25. The van der Waals surface area contributed by atoms with Crippen molar-refractivity contribution in [3.8, 4) is 17.5 Å². The van der Waals surface area contributed by atoms with Gasteiger partial charge in [-0.2, -0.15) is 5.26 Å². The average molecular weight is 343 g/mol. The van der Waals surface area contributed by atoms with Gasteiger partial charge in [0.25, 0.3) is 5.91 Å². The first-order chi connectivity index (χ1) is 12.1. The van der Waals surface area contributed by atoms with Gasteiger partial charge in [-0.25, -0.2) is 8.78 Å². The first-order valence-corrected chi connectivity index (χ1v) is 8.03. The zero-order valence-electron chi connectivity index (χ0n) is 13.3. The van der Waals surface area contributed by atoms with Crippen LogP contribution in [0.15, 0.2) is 30.3 Å². The zero-order chi connectivity index (χ0) is 17.6. The molecule has 0 saturated carbocycles. The van der Waals surface area contributed by atoms with Gasteiger partial charge in [0, 0.05) is 25.9 Å². The van der Waals surface area contributed by atoms with E-state index in [1.807, 2.05) is 0 Å². The van der Waals surface area contributed by atoms with Crippen molar-refractivity contribution in [2.75, 3.05) is 19.8 Å². The minimum atomic E-state index is -1.02. The maximum atomic E-state index is 14.4. The summed E-state index contributed by atoms with van der Waals surface area (Å²) in [6.07, 6.45) is 0.896. The first kappa shape index (κ1) is 15.6. The van der Waals surface area contributed by atoms with Gasteiger partial charge in [-0.05, 0) is 24.3 Å². The van der Waals surface area contributed by atoms with Crippen molar-refractivity contribution in [1.82, 2.24) is 9.47 Å². The lowest BCUT2D eigenvalue weighted by Crippen LogP contribution is -2.50. The number of benzene rings is 1. The molecule has 0 aliphatic carbocycles. The molecule has 5 nitrogen and oxygen atoms in total. The fraction of sp³-hybridized carbons (Fsp3) is 0.333. The Morgan fingerprint density at radius 3 is 2.72 bits per heavy atom. The van der Waals surface area contributed by atoms with Gasteiger partial charge < -0.3 is 9.64 Å². The number of carbonyl (C=O) groups is 1. The summed E-state index contributed by atoms with van der Waals surface area (Å²) in [5, 5.41) is 9.40. The van der Waals surface area contributed by atoms with Crippen molar-refractivity contribution in [2.45, 2.75) is 18.4 Å². The molecule has 0 unspecified atom stereocenters. The van der Waals surface area contributed by atoms with Gasteiger partial charge in [0.2, 0.25) is 0 Å². The van der Waals surface area contributed by atoms with Gasteiger partial charge in [0.15, 0.2) is 18.1 Å². The number of fused-ring (bicyclic) bond motifs is 4. The number of hydrogen-bond acceptors (Lipinski definition) is 3. The number of halogens is 2. The molecule has 1 aromatic carbocycles. The summed E-state index contributed by atoms with van der Waals surface area (Å²) in [6.45, 7) is -0.322. The van der Waals surface area contributed by atoms with Crippen molar-refractivity contribution in [3.63, 3.8) is 0 Å². The molecule has 25 heavy (non-hydrogen) atoms. The van der Waals surface area contributed by atoms with Gasteiger partial charge in [0.1, 0.15) is 23.2 Å². The van der Waals surface area contributed by atoms with Crippen molar-refractivity contribution in [3.05, 3.63) is 47.5 Å². The molecule has 128 valence electrons. The maximum Gasteiger partial charge on any atom is 0.253 e. The molecule has 7 heteroatoms. The van der Waals surface area contributed by atoms with E-state index in [9.17, 15) is 18.8 Å². The number of hydrogen-bond donors (Lipinski definition) is 0. The SMILES string of the molecule is N#Cc1ccc2n1-c1c(F)cccc1OC21CCN(C(=O)CF)CC1. The topological polar surface area (TPSA) is 58.3 Å². The summed E-state index contributed by atoms with van der Waals surface area (Å²) < 4.78 is 34.8. The van der Waals surface area contributed by atoms with Crippen molar-refractivity contribution >= 4 is 5.91 Å². The summed E-state index contributed by atoms with van der Waals surface area (Å²) >= 11 is 0. The molecule has 0 bridgehead atoms. The van der Waals surface area contributed by atoms with Crippen LogP contribution in [0.25, 0.3) is 5.69 Å². The largest absolute Gasteiger partial charge is 0.479 e. The van der Waals surface area contributed by atoms with E-state index in [2.05, 4.69) is 6.07 Å². The van der Waals surface area contributed by atoms with Crippen LogP contribution in [0.1, 0.15) is 24.2 Å². The highest BCUT2D eigenvalue weighted by Crippen LogP contribution is 2.46. The molecule has 3 heterocycles. The number of piperidine rings is 1. The lowest BCUT2D eigenvalue weighted by molar-refractivity contribution is -0.136. The minimum absolute atomic E-state index is 0.229. The number of aromatic nitrogens is 1. The molecular weight excluding hydrogens is 328 g/mol. The normalized spacial score (nSPS) is 17.4. The fourth-order valence-electron chi connectivity index (χ4n) is 3.74. The third-order valence-electron chi connectivity index (χ3n) is 4.98. The van der Waals surface area contributed by atoms with Crippen LogP contribution in [0.5, 0.6) is 5.75 Å². The Morgan fingerprint density at radius 2 is 2.04 bits per heavy atom. The third-order valence-corrected chi connectivity index (χ3v) is 4.98. The van der Waals surface area contributed by atoms with Gasteiger partial charge in [-0.15, -0.1) is 0 Å². The third kappa shape index (κ3) is 2.21. The molecule has 0 atom stereocenters. The van der Waals surface area contributed by atoms with Crippen molar-refractivity contribution < 1.29 is 18.3 Å². The zero-order valence-corrected chi connectivity index (χ0v) is 13.3. The van der Waals surface area contributed by atoms with E-state index in [4.69, 9.17) is 4.74 Å². The fourth-order valence-corrected chi connectivity index (χ4v) is 3.74. The number of amides is 1. The Hall–Kier alpha value is -2.88. The van der Waals surface area contributed by atoms with Crippen LogP contribution in [0.4, 0.5) is 8.78 Å². The van der Waals surface area contributed by atoms with Gasteiger partial charge in [-0.1, -0.05) is 6.07 Å². The Kier molecular flexibility index (Phi) is 3.49. The molecule has 2 aliphatic heterocycles. The highest BCUT2D eigenvalue weighted by molar-refractivity contribution is 5.77. The van der Waals surface area contributed by atoms with E-state index in [1.165, 1.54) is 11.0 Å². The molecule has 2 aliphatic rings. The highest BCUT2D eigenvalue weighted by Gasteiger charge is 2.46. The number of carbonyl (C=O) groups excluding carboxylic acids is 1. The molecule has 0 radical (unpaired) electrons. The molecule has 2 aromatic rings. The van der Waals surface area contributed by atoms with Crippen molar-refractivity contribution in [2.24, 2.45) is 0 Å². The average Bonchev–Trinajstić information content (AvgIpc) is 3.07. The summed E-state index contributed by atoms with van der Waals surface area (Å²) in [4.78, 5) is 13.1. The first-order valence-electron chi connectivity index (χ1n) is 8.03. The van der Waals surface area contributed by atoms with Crippen LogP contribution in [0, 0.1) is 17.1 Å². The summed E-state index contributed by atoms with van der Waals surface area (Å²) in [5.41, 5.74) is 0.482. The van der Waals surface area contributed by atoms with Gasteiger partial charge in [-0.3, -0.25) is 9.36 Å². The smallest absolute Gasteiger partial charge is 0.253 e. The predicted octanol–water partition coefficient (Wildman–Crippen LogP) is 2.67. The van der Waals surface area contributed by atoms with E-state index in [0.717, 1.165) is 0 Å². The number of nitriles is 1. The molecule has 1 fully saturated rings. The van der Waals surface area contributed by atoms with E-state index in [0.29, 0.717) is 43.1 Å². The number of alkyl halides is 1. The summed E-state index contributed by atoms with van der Waals surface area (Å²) in [6, 6.07) is 10.0. The molecule has 1 saturated heterocycles. The number of para-hydroxylation sites is 1. The standard InChI is InChI=1S/C18H15F2N3O2/c19-10-16(24)22-8-6-18(7-9-22)15-5-4-12(11-21)23(15)17-13(20)2-1-3-14(17)25-18/h1-5H,6-10H2. The molecule has 1 spiro atoms. The highest BCUT2D eigenvalue weighted by atomic mass is 19.1. The Balaban J connectivity index is 1.80. The molecule has 1 amide bonds. The molecule has 0 N–H and O–H groups in total. The van der Waals surface area contributed by atoms with Crippen LogP contribution in [-0.4, -0.2) is 35.1 Å². The molecule has 4 rings (SSSR count). The second-order valence-corrected chi connectivity index (χ2v) is 6.25. The minimum Gasteiger partial charge on any atom is -0.479 e. The van der Waals surface area contributed by atoms with E-state index in [-0.39, 0.29) is 5.69 Å². The van der Waals surface area contributed by atoms with E-state index >= 15 is 0 Å². The van der Waals surface area contributed by atoms with E-state index in [1.54, 1.807) is 28.8 Å². The van der Waals surface area contributed by atoms with Crippen LogP contribution in [-0.2, 0) is 10.4 Å². The van der Waals surface area contributed by atoms with Crippen LogP contribution in [0.3, 0.4) is 0 Å². The lowest BCUT2D eigenvalue weighted by atomic mass is 9.86. The predicted molar refractivity (Wildman–Crippen MR) is 84.5 cm³/mol. The van der Waals surface area contributed by atoms with Crippen LogP contribution in [0.2, 0.25) is 0 Å².